The van der Waals surface area contributed by atoms with Crippen LogP contribution in [0.3, 0.4) is 0 Å². The predicted octanol–water partition coefficient (Wildman–Crippen LogP) is 1.16. The lowest BCUT2D eigenvalue weighted by Crippen LogP contribution is -2.28. The molecule has 2 heterocycles. The number of hydrogen-bond donors (Lipinski definition) is 0. The minimum atomic E-state index is 0.143. The van der Waals surface area contributed by atoms with Crippen LogP contribution in [0.2, 0.25) is 0 Å². The molecule has 0 radical (unpaired) electrons. The Bertz CT molecular complexity index is 325. The summed E-state index contributed by atoms with van der Waals surface area (Å²) in [6, 6.07) is 2.14. The summed E-state index contributed by atoms with van der Waals surface area (Å²) in [4.78, 5) is 13.2. The molecular formula is C10H13N3O. The maximum Gasteiger partial charge on any atom is 0.219 e. The minimum absolute atomic E-state index is 0.143. The zero-order chi connectivity index (χ0) is 9.97. The number of carbonyl (C=O) groups excluding carboxylic acids is 1. The predicted molar refractivity (Wildman–Crippen MR) is 51.4 cm³/mol. The van der Waals surface area contributed by atoms with Crippen molar-refractivity contribution in [3.8, 4) is 0 Å². The average molecular weight is 191 g/mol. The number of nitrogens with zero attached hydrogens (tertiary/aromatic N) is 3. The van der Waals surface area contributed by atoms with E-state index < -0.39 is 0 Å². The molecule has 4 heteroatoms. The first-order valence-corrected chi connectivity index (χ1v) is 4.83. The molecule has 1 aromatic rings. The zero-order valence-electron chi connectivity index (χ0n) is 8.18. The van der Waals surface area contributed by atoms with Gasteiger partial charge in [-0.15, -0.1) is 0 Å². The highest BCUT2D eigenvalue weighted by Crippen LogP contribution is 2.30. The largest absolute Gasteiger partial charge is 0.336 e. The van der Waals surface area contributed by atoms with Crippen molar-refractivity contribution >= 4 is 5.91 Å². The van der Waals surface area contributed by atoms with Crippen molar-refractivity contribution in [3.63, 3.8) is 0 Å². The highest BCUT2D eigenvalue weighted by atomic mass is 16.2. The summed E-state index contributed by atoms with van der Waals surface area (Å²) >= 11 is 0. The van der Waals surface area contributed by atoms with Crippen molar-refractivity contribution in [2.24, 2.45) is 0 Å². The van der Waals surface area contributed by atoms with Gasteiger partial charge in [-0.05, 0) is 24.5 Å². The van der Waals surface area contributed by atoms with Crippen LogP contribution in [0.15, 0.2) is 18.5 Å². The Morgan fingerprint density at radius 1 is 1.57 bits per heavy atom. The molecule has 0 aromatic carbocycles. The third-order valence-electron chi connectivity index (χ3n) is 2.65. The molecule has 1 atom stereocenters. The Kier molecular flexibility index (Phi) is 2.43. The molecule has 1 saturated heterocycles. The molecule has 0 saturated carbocycles. The number of aromatic nitrogens is 2. The zero-order valence-corrected chi connectivity index (χ0v) is 8.18. The van der Waals surface area contributed by atoms with E-state index in [4.69, 9.17) is 0 Å². The van der Waals surface area contributed by atoms with E-state index in [9.17, 15) is 4.79 Å². The van der Waals surface area contributed by atoms with Crippen molar-refractivity contribution < 1.29 is 4.79 Å². The molecule has 1 aliphatic heterocycles. The van der Waals surface area contributed by atoms with E-state index in [0.717, 1.165) is 24.9 Å². The van der Waals surface area contributed by atoms with E-state index in [1.165, 1.54) is 0 Å². The Morgan fingerprint density at radius 3 is 3.07 bits per heavy atom. The quantitative estimate of drug-likeness (QED) is 0.669. The van der Waals surface area contributed by atoms with E-state index in [1.54, 1.807) is 19.3 Å². The van der Waals surface area contributed by atoms with Gasteiger partial charge >= 0.3 is 0 Å². The Morgan fingerprint density at radius 2 is 2.43 bits per heavy atom. The number of hydrogen-bond acceptors (Lipinski definition) is 3. The number of amides is 1. The van der Waals surface area contributed by atoms with Gasteiger partial charge in [-0.1, -0.05) is 0 Å². The van der Waals surface area contributed by atoms with Gasteiger partial charge in [0.25, 0.3) is 0 Å². The molecule has 2 rings (SSSR count). The van der Waals surface area contributed by atoms with E-state index in [0.29, 0.717) is 0 Å². The van der Waals surface area contributed by atoms with Gasteiger partial charge in [-0.25, -0.2) is 0 Å². The first-order valence-electron chi connectivity index (χ1n) is 4.83. The average Bonchev–Trinajstić information content (AvgIpc) is 2.67. The fourth-order valence-electron chi connectivity index (χ4n) is 1.99. The van der Waals surface area contributed by atoms with E-state index >= 15 is 0 Å². The Hall–Kier alpha value is -1.45. The van der Waals surface area contributed by atoms with Gasteiger partial charge in [0.15, 0.2) is 0 Å². The minimum Gasteiger partial charge on any atom is -0.336 e. The molecule has 1 aromatic heterocycles. The van der Waals surface area contributed by atoms with Crippen LogP contribution in [0.5, 0.6) is 0 Å². The van der Waals surface area contributed by atoms with Gasteiger partial charge in [-0.2, -0.15) is 10.2 Å². The highest BCUT2D eigenvalue weighted by molar-refractivity contribution is 5.74. The lowest BCUT2D eigenvalue weighted by molar-refractivity contribution is -0.129. The van der Waals surface area contributed by atoms with E-state index in [1.807, 2.05) is 11.0 Å². The standard InChI is InChI=1S/C10H13N3O/c1-8(14)13-6-2-3-10(13)9-4-5-11-12-7-9/h4-5,7,10H,2-3,6H2,1H3. The lowest BCUT2D eigenvalue weighted by Gasteiger charge is -2.22. The molecule has 1 aliphatic rings. The fourth-order valence-corrected chi connectivity index (χ4v) is 1.99. The third-order valence-corrected chi connectivity index (χ3v) is 2.65. The normalized spacial score (nSPS) is 21.2. The number of likely N-dealkylation sites (tertiary alicyclic amines) is 1. The van der Waals surface area contributed by atoms with E-state index in [-0.39, 0.29) is 11.9 Å². The summed E-state index contributed by atoms with van der Waals surface area (Å²) in [6.07, 6.45) is 5.52. The SMILES string of the molecule is CC(=O)N1CCCC1c1ccnnc1. The topological polar surface area (TPSA) is 46.1 Å². The second-order valence-electron chi connectivity index (χ2n) is 3.55. The van der Waals surface area contributed by atoms with E-state index in [2.05, 4.69) is 10.2 Å². The number of rotatable bonds is 1. The summed E-state index contributed by atoms with van der Waals surface area (Å²) in [7, 11) is 0. The second-order valence-corrected chi connectivity index (χ2v) is 3.55. The van der Waals surface area contributed by atoms with Crippen molar-refractivity contribution in [1.29, 1.82) is 0 Å². The Balaban J connectivity index is 2.22. The monoisotopic (exact) mass is 191 g/mol. The molecule has 0 aliphatic carbocycles. The van der Waals surface area contributed by atoms with Crippen molar-refractivity contribution in [3.05, 3.63) is 24.0 Å². The first kappa shape index (κ1) is 9.12. The maximum atomic E-state index is 11.3. The van der Waals surface area contributed by atoms with Crippen LogP contribution >= 0.6 is 0 Å². The molecule has 0 spiro atoms. The number of carbonyl (C=O) groups is 1. The van der Waals surface area contributed by atoms with Gasteiger partial charge in [0.1, 0.15) is 0 Å². The van der Waals surface area contributed by atoms with Gasteiger partial charge in [-0.3, -0.25) is 4.79 Å². The Labute approximate surface area is 82.9 Å². The molecule has 1 fully saturated rings. The summed E-state index contributed by atoms with van der Waals surface area (Å²) in [5, 5.41) is 7.57. The summed E-state index contributed by atoms with van der Waals surface area (Å²) in [5.74, 6) is 0.143. The lowest BCUT2D eigenvalue weighted by atomic mass is 10.1. The summed E-state index contributed by atoms with van der Waals surface area (Å²) in [6.45, 7) is 2.48. The van der Waals surface area contributed by atoms with Crippen LogP contribution in [-0.4, -0.2) is 27.5 Å². The van der Waals surface area contributed by atoms with Crippen molar-refractivity contribution in [1.82, 2.24) is 15.1 Å². The van der Waals surface area contributed by atoms with Gasteiger partial charge in [0.05, 0.1) is 12.2 Å². The second kappa shape index (κ2) is 3.74. The van der Waals surface area contributed by atoms with Crippen LogP contribution in [0.1, 0.15) is 31.4 Å². The van der Waals surface area contributed by atoms with Gasteiger partial charge in [0.2, 0.25) is 5.91 Å². The molecule has 74 valence electrons. The van der Waals surface area contributed by atoms with Crippen LogP contribution in [0.4, 0.5) is 0 Å². The van der Waals surface area contributed by atoms with Crippen LogP contribution in [-0.2, 0) is 4.79 Å². The molecule has 14 heavy (non-hydrogen) atoms. The van der Waals surface area contributed by atoms with Crippen molar-refractivity contribution in [2.75, 3.05) is 6.54 Å². The summed E-state index contributed by atoms with van der Waals surface area (Å²) < 4.78 is 0. The van der Waals surface area contributed by atoms with Crippen LogP contribution in [0, 0.1) is 0 Å². The molecule has 0 bridgehead atoms. The maximum absolute atomic E-state index is 11.3. The summed E-state index contributed by atoms with van der Waals surface area (Å²) in [5.41, 5.74) is 1.09. The molecule has 0 N–H and O–H groups in total. The van der Waals surface area contributed by atoms with Gasteiger partial charge in [0, 0.05) is 19.7 Å². The molecule has 1 amide bonds. The highest BCUT2D eigenvalue weighted by Gasteiger charge is 2.27. The fraction of sp³-hybridized carbons (Fsp3) is 0.500. The molecule has 1 unspecified atom stereocenters. The molecule has 4 nitrogen and oxygen atoms in total. The third kappa shape index (κ3) is 1.60. The van der Waals surface area contributed by atoms with Gasteiger partial charge < -0.3 is 4.90 Å². The van der Waals surface area contributed by atoms with Crippen LogP contribution in [0.25, 0.3) is 0 Å². The molecular weight excluding hydrogens is 178 g/mol. The first-order chi connectivity index (χ1) is 6.79. The smallest absolute Gasteiger partial charge is 0.219 e. The van der Waals surface area contributed by atoms with Crippen LogP contribution < -0.4 is 0 Å². The van der Waals surface area contributed by atoms with Crippen molar-refractivity contribution in [2.45, 2.75) is 25.8 Å².